The van der Waals surface area contributed by atoms with Gasteiger partial charge < -0.3 is 15.4 Å². The Balaban J connectivity index is 2.08. The molecule has 0 saturated carbocycles. The minimum absolute atomic E-state index is 0.0128. The number of hydrogen-bond acceptors (Lipinski definition) is 3. The lowest BCUT2D eigenvalue weighted by Crippen LogP contribution is -2.38. The maximum Gasteiger partial charge on any atom is 0.254 e. The second-order valence-corrected chi connectivity index (χ2v) is 5.28. The quantitative estimate of drug-likeness (QED) is 0.761. The van der Waals surface area contributed by atoms with Crippen LogP contribution < -0.4 is 5.32 Å². The molecule has 0 saturated heterocycles. The predicted molar refractivity (Wildman–Crippen MR) is 79.9 cm³/mol. The SMILES string of the molecule is CC(O)(CNC(=O)c1ccc[nH]c1=S)c1ccc(F)cc1. The molecule has 0 spiro atoms. The molecule has 6 heteroatoms. The number of carbonyl (C=O) groups is 1. The van der Waals surface area contributed by atoms with Crippen LogP contribution in [0.15, 0.2) is 42.6 Å². The fourth-order valence-corrected chi connectivity index (χ4v) is 2.09. The fourth-order valence-electron chi connectivity index (χ4n) is 1.86. The normalized spacial score (nSPS) is 13.5. The van der Waals surface area contributed by atoms with Gasteiger partial charge in [-0.3, -0.25) is 4.79 Å². The summed E-state index contributed by atoms with van der Waals surface area (Å²) < 4.78 is 13.2. The van der Waals surface area contributed by atoms with E-state index in [2.05, 4.69) is 10.3 Å². The van der Waals surface area contributed by atoms with Gasteiger partial charge in [0.25, 0.3) is 5.91 Å². The molecule has 3 N–H and O–H groups in total. The van der Waals surface area contributed by atoms with Gasteiger partial charge in [0, 0.05) is 6.20 Å². The van der Waals surface area contributed by atoms with Gasteiger partial charge >= 0.3 is 0 Å². The van der Waals surface area contributed by atoms with Crippen LogP contribution >= 0.6 is 12.2 Å². The number of aliphatic hydroxyl groups is 1. The zero-order valence-electron chi connectivity index (χ0n) is 11.4. The molecule has 1 unspecified atom stereocenters. The Hall–Kier alpha value is -2.05. The highest BCUT2D eigenvalue weighted by molar-refractivity contribution is 7.71. The molecule has 0 aliphatic rings. The van der Waals surface area contributed by atoms with Gasteiger partial charge in [0.1, 0.15) is 16.1 Å². The number of nitrogens with one attached hydrogen (secondary N) is 2. The van der Waals surface area contributed by atoms with Crippen LogP contribution in [0.3, 0.4) is 0 Å². The average molecular weight is 306 g/mol. The van der Waals surface area contributed by atoms with Crippen LogP contribution in [0.5, 0.6) is 0 Å². The summed E-state index contributed by atoms with van der Waals surface area (Å²) in [7, 11) is 0. The van der Waals surface area contributed by atoms with Crippen molar-refractivity contribution in [1.82, 2.24) is 10.3 Å². The number of H-pyrrole nitrogens is 1. The summed E-state index contributed by atoms with van der Waals surface area (Å²) in [5.74, 6) is -0.756. The number of pyridine rings is 1. The van der Waals surface area contributed by atoms with Gasteiger partial charge in [0.15, 0.2) is 0 Å². The third kappa shape index (κ3) is 3.74. The Morgan fingerprint density at radius 3 is 2.67 bits per heavy atom. The molecular weight excluding hydrogens is 291 g/mol. The van der Waals surface area contributed by atoms with Crippen molar-refractivity contribution >= 4 is 18.1 Å². The molecule has 21 heavy (non-hydrogen) atoms. The summed E-state index contributed by atoms with van der Waals surface area (Å²) in [6.07, 6.45) is 1.63. The zero-order valence-corrected chi connectivity index (χ0v) is 12.2. The van der Waals surface area contributed by atoms with E-state index >= 15 is 0 Å². The number of rotatable bonds is 4. The maximum atomic E-state index is 12.9. The van der Waals surface area contributed by atoms with Crippen LogP contribution in [0.1, 0.15) is 22.8 Å². The van der Waals surface area contributed by atoms with E-state index in [1.54, 1.807) is 25.3 Å². The van der Waals surface area contributed by atoms with Gasteiger partial charge in [-0.1, -0.05) is 24.4 Å². The van der Waals surface area contributed by atoms with Gasteiger partial charge in [-0.05, 0) is 36.8 Å². The molecule has 2 rings (SSSR count). The van der Waals surface area contributed by atoms with E-state index in [4.69, 9.17) is 12.2 Å². The molecule has 0 radical (unpaired) electrons. The number of aromatic nitrogens is 1. The average Bonchev–Trinajstić information content (AvgIpc) is 2.46. The smallest absolute Gasteiger partial charge is 0.254 e. The van der Waals surface area contributed by atoms with Crippen molar-refractivity contribution in [2.24, 2.45) is 0 Å². The van der Waals surface area contributed by atoms with Gasteiger partial charge in [-0.2, -0.15) is 0 Å². The van der Waals surface area contributed by atoms with Gasteiger partial charge in [0.2, 0.25) is 0 Å². The second kappa shape index (κ2) is 6.15. The lowest BCUT2D eigenvalue weighted by Gasteiger charge is -2.24. The molecule has 0 bridgehead atoms. The number of hydrogen-bond donors (Lipinski definition) is 3. The first-order chi connectivity index (χ1) is 9.90. The molecule has 110 valence electrons. The number of halogens is 1. The Morgan fingerprint density at radius 2 is 2.05 bits per heavy atom. The first-order valence-electron chi connectivity index (χ1n) is 6.34. The van der Waals surface area contributed by atoms with Gasteiger partial charge in [0.05, 0.1) is 12.1 Å². The molecule has 4 nitrogen and oxygen atoms in total. The first-order valence-corrected chi connectivity index (χ1v) is 6.75. The molecule has 1 aromatic heterocycles. The molecule has 2 aromatic rings. The van der Waals surface area contributed by atoms with E-state index in [1.807, 2.05) is 0 Å². The lowest BCUT2D eigenvalue weighted by molar-refractivity contribution is 0.0525. The Morgan fingerprint density at radius 1 is 1.38 bits per heavy atom. The number of benzene rings is 1. The molecule has 1 atom stereocenters. The third-order valence-electron chi connectivity index (χ3n) is 3.12. The van der Waals surface area contributed by atoms with Crippen molar-refractivity contribution in [3.05, 3.63) is 64.2 Å². The summed E-state index contributed by atoms with van der Waals surface area (Å²) >= 11 is 5.02. The highest BCUT2D eigenvalue weighted by atomic mass is 32.1. The van der Waals surface area contributed by atoms with Crippen molar-refractivity contribution in [1.29, 1.82) is 0 Å². The Bertz CT molecular complexity index is 695. The number of amides is 1. The second-order valence-electron chi connectivity index (χ2n) is 4.88. The fraction of sp³-hybridized carbons (Fsp3) is 0.200. The first kappa shape index (κ1) is 15.3. The summed E-state index contributed by atoms with van der Waals surface area (Å²) in [6.45, 7) is 1.54. The highest BCUT2D eigenvalue weighted by Gasteiger charge is 2.24. The number of carbonyl (C=O) groups excluding carboxylic acids is 1. The molecule has 1 amide bonds. The number of aromatic amines is 1. The standard InChI is InChI=1S/C15H15FN2O2S/c1-15(20,10-4-6-11(16)7-5-10)9-18-13(19)12-3-2-8-17-14(12)21/h2-8,20H,9H2,1H3,(H,17,21)(H,18,19). The third-order valence-corrected chi connectivity index (χ3v) is 3.46. The molecule has 0 fully saturated rings. The van der Waals surface area contributed by atoms with E-state index in [0.29, 0.717) is 15.8 Å². The van der Waals surface area contributed by atoms with Gasteiger partial charge in [-0.25, -0.2) is 4.39 Å². The van der Waals surface area contributed by atoms with Crippen LogP contribution in [-0.2, 0) is 5.60 Å². The Kier molecular flexibility index (Phi) is 4.50. The van der Waals surface area contributed by atoms with Gasteiger partial charge in [-0.15, -0.1) is 0 Å². The van der Waals surface area contributed by atoms with E-state index in [1.165, 1.54) is 24.3 Å². The predicted octanol–water partition coefficient (Wildman–Crippen LogP) is 2.52. The van der Waals surface area contributed by atoms with Crippen molar-refractivity contribution in [2.45, 2.75) is 12.5 Å². The molecule has 0 aliphatic carbocycles. The summed E-state index contributed by atoms with van der Waals surface area (Å²) in [6, 6.07) is 8.76. The summed E-state index contributed by atoms with van der Waals surface area (Å²) in [5, 5.41) is 13.0. The highest BCUT2D eigenvalue weighted by Crippen LogP contribution is 2.20. The van der Waals surface area contributed by atoms with Crippen LogP contribution in [-0.4, -0.2) is 22.5 Å². The summed E-state index contributed by atoms with van der Waals surface area (Å²) in [5.41, 5.74) is -0.450. The van der Waals surface area contributed by atoms with Crippen molar-refractivity contribution < 1.29 is 14.3 Å². The van der Waals surface area contributed by atoms with E-state index in [-0.39, 0.29) is 18.3 Å². The van der Waals surface area contributed by atoms with Crippen LogP contribution in [0.4, 0.5) is 4.39 Å². The maximum absolute atomic E-state index is 12.9. The molecule has 1 heterocycles. The minimum Gasteiger partial charge on any atom is -0.384 e. The van der Waals surface area contributed by atoms with E-state index in [0.717, 1.165) is 0 Å². The van der Waals surface area contributed by atoms with Crippen LogP contribution in [0, 0.1) is 10.5 Å². The monoisotopic (exact) mass is 306 g/mol. The molecule has 0 aliphatic heterocycles. The topological polar surface area (TPSA) is 65.1 Å². The summed E-state index contributed by atoms with van der Waals surface area (Å²) in [4.78, 5) is 14.8. The van der Waals surface area contributed by atoms with Crippen molar-refractivity contribution in [3.63, 3.8) is 0 Å². The molecular formula is C15H15FN2O2S. The molecule has 1 aromatic carbocycles. The minimum atomic E-state index is -1.30. The van der Waals surface area contributed by atoms with Crippen LogP contribution in [0.2, 0.25) is 0 Å². The van der Waals surface area contributed by atoms with E-state index < -0.39 is 5.60 Å². The lowest BCUT2D eigenvalue weighted by atomic mass is 9.96. The largest absolute Gasteiger partial charge is 0.384 e. The van der Waals surface area contributed by atoms with Crippen LogP contribution in [0.25, 0.3) is 0 Å². The Labute approximate surface area is 126 Å². The van der Waals surface area contributed by atoms with E-state index in [9.17, 15) is 14.3 Å². The van der Waals surface area contributed by atoms with Crippen molar-refractivity contribution in [2.75, 3.05) is 6.54 Å². The zero-order chi connectivity index (χ0) is 15.5. The van der Waals surface area contributed by atoms with Crippen molar-refractivity contribution in [3.8, 4) is 0 Å².